The summed E-state index contributed by atoms with van der Waals surface area (Å²) in [5.74, 6) is 0.857. The number of para-hydroxylation sites is 1. The van der Waals surface area contributed by atoms with Crippen molar-refractivity contribution < 1.29 is 9.53 Å². The summed E-state index contributed by atoms with van der Waals surface area (Å²) in [5, 5.41) is 7.11. The first kappa shape index (κ1) is 15.7. The van der Waals surface area contributed by atoms with Crippen molar-refractivity contribution in [3.8, 4) is 5.75 Å². The molecule has 1 amide bonds. The molecule has 1 unspecified atom stereocenters. The highest BCUT2D eigenvalue weighted by Gasteiger charge is 2.24. The van der Waals surface area contributed by atoms with Gasteiger partial charge in [0.2, 0.25) is 5.91 Å². The van der Waals surface area contributed by atoms with Crippen LogP contribution in [0.5, 0.6) is 5.75 Å². The molecular weight excluding hydrogens is 312 g/mol. The molecule has 23 heavy (non-hydrogen) atoms. The molecule has 1 heterocycles. The van der Waals surface area contributed by atoms with Gasteiger partial charge >= 0.3 is 0 Å². The molecule has 5 heteroatoms. The number of ether oxygens (including phenoxy) is 1. The van der Waals surface area contributed by atoms with Crippen LogP contribution in [0.25, 0.3) is 0 Å². The molecule has 2 N–H and O–H groups in total. The van der Waals surface area contributed by atoms with Gasteiger partial charge in [-0.25, -0.2) is 0 Å². The third kappa shape index (κ3) is 3.59. The maximum atomic E-state index is 11.5. The molecule has 1 fully saturated rings. The smallest absolute Gasteiger partial charge is 0.220 e. The second kappa shape index (κ2) is 6.92. The molecule has 0 radical (unpaired) electrons. The van der Waals surface area contributed by atoms with E-state index < -0.39 is 0 Å². The van der Waals surface area contributed by atoms with Gasteiger partial charge in [-0.1, -0.05) is 35.9 Å². The number of anilines is 1. The first-order valence-corrected chi connectivity index (χ1v) is 8.00. The topological polar surface area (TPSA) is 50.4 Å². The number of methoxy groups -OCH3 is 1. The van der Waals surface area contributed by atoms with E-state index in [1.165, 1.54) is 0 Å². The summed E-state index contributed by atoms with van der Waals surface area (Å²) in [7, 11) is 1.62. The predicted octanol–water partition coefficient (Wildman–Crippen LogP) is 3.91. The van der Waals surface area contributed by atoms with Crippen molar-refractivity contribution in [2.24, 2.45) is 0 Å². The number of rotatable bonds is 5. The molecule has 2 aromatic rings. The molecule has 1 aliphatic rings. The van der Waals surface area contributed by atoms with Gasteiger partial charge in [0, 0.05) is 23.7 Å². The highest BCUT2D eigenvalue weighted by atomic mass is 35.5. The van der Waals surface area contributed by atoms with E-state index in [0.29, 0.717) is 18.0 Å². The van der Waals surface area contributed by atoms with Crippen LogP contribution in [0.2, 0.25) is 5.02 Å². The van der Waals surface area contributed by atoms with Crippen molar-refractivity contribution in [2.45, 2.75) is 25.4 Å². The van der Waals surface area contributed by atoms with Gasteiger partial charge in [0.25, 0.3) is 0 Å². The van der Waals surface area contributed by atoms with Crippen molar-refractivity contribution >= 4 is 23.2 Å². The average molecular weight is 331 g/mol. The summed E-state index contributed by atoms with van der Waals surface area (Å²) < 4.78 is 5.16. The van der Waals surface area contributed by atoms with Gasteiger partial charge in [-0.15, -0.1) is 0 Å². The molecule has 0 bridgehead atoms. The second-order valence-corrected chi connectivity index (χ2v) is 5.96. The first-order valence-electron chi connectivity index (χ1n) is 7.62. The van der Waals surface area contributed by atoms with Crippen molar-refractivity contribution in [3.63, 3.8) is 0 Å². The van der Waals surface area contributed by atoms with Crippen molar-refractivity contribution in [1.29, 1.82) is 0 Å². The lowest BCUT2D eigenvalue weighted by atomic mass is 10.0. The number of nitrogens with one attached hydrogen (secondary N) is 2. The fourth-order valence-electron chi connectivity index (χ4n) is 2.80. The molecule has 0 saturated carbocycles. The van der Waals surface area contributed by atoms with Gasteiger partial charge in [-0.2, -0.15) is 0 Å². The number of halogens is 1. The quantitative estimate of drug-likeness (QED) is 0.873. The molecule has 2 aromatic carbocycles. The fourth-order valence-corrected chi connectivity index (χ4v) is 3.04. The second-order valence-electron chi connectivity index (χ2n) is 5.56. The zero-order valence-corrected chi connectivity index (χ0v) is 13.7. The van der Waals surface area contributed by atoms with E-state index in [1.54, 1.807) is 7.11 Å². The highest BCUT2D eigenvalue weighted by Crippen LogP contribution is 2.30. The van der Waals surface area contributed by atoms with Crippen LogP contribution in [-0.4, -0.2) is 13.0 Å². The maximum absolute atomic E-state index is 11.5. The van der Waals surface area contributed by atoms with Gasteiger partial charge < -0.3 is 15.4 Å². The number of benzene rings is 2. The first-order chi connectivity index (χ1) is 11.2. The van der Waals surface area contributed by atoms with Crippen molar-refractivity contribution in [3.05, 3.63) is 58.6 Å². The molecule has 4 nitrogen and oxygen atoms in total. The van der Waals surface area contributed by atoms with E-state index in [0.717, 1.165) is 29.0 Å². The van der Waals surface area contributed by atoms with Crippen LogP contribution >= 0.6 is 11.6 Å². The summed E-state index contributed by atoms with van der Waals surface area (Å²) in [5.41, 5.74) is 3.13. The minimum atomic E-state index is 0.0811. The lowest BCUT2D eigenvalue weighted by Gasteiger charge is -2.17. The Morgan fingerprint density at radius 1 is 1.30 bits per heavy atom. The van der Waals surface area contributed by atoms with Crippen molar-refractivity contribution in [1.82, 2.24) is 5.32 Å². The van der Waals surface area contributed by atoms with Crippen LogP contribution in [-0.2, 0) is 11.3 Å². The van der Waals surface area contributed by atoms with Crippen LogP contribution < -0.4 is 15.4 Å². The fraction of sp³-hybridized carbons (Fsp3) is 0.278. The number of carbonyl (C=O) groups excluding carboxylic acids is 1. The molecule has 3 rings (SSSR count). The molecule has 0 spiro atoms. The van der Waals surface area contributed by atoms with Gasteiger partial charge in [0.05, 0.1) is 13.2 Å². The van der Waals surface area contributed by atoms with Crippen molar-refractivity contribution in [2.75, 3.05) is 12.4 Å². The molecule has 0 aromatic heterocycles. The van der Waals surface area contributed by atoms with E-state index in [1.807, 2.05) is 42.5 Å². The Labute approximate surface area is 140 Å². The monoisotopic (exact) mass is 330 g/mol. The zero-order valence-electron chi connectivity index (χ0n) is 12.9. The van der Waals surface area contributed by atoms with E-state index in [2.05, 4.69) is 10.6 Å². The SMILES string of the molecule is COc1ccc(CNc2ccccc2C2CCC(=O)N2)c(Cl)c1. The zero-order chi connectivity index (χ0) is 16.2. The van der Waals surface area contributed by atoms with E-state index in [9.17, 15) is 4.79 Å². The summed E-state index contributed by atoms with van der Waals surface area (Å²) >= 11 is 6.28. The summed E-state index contributed by atoms with van der Waals surface area (Å²) in [4.78, 5) is 11.5. The Morgan fingerprint density at radius 3 is 2.83 bits per heavy atom. The minimum Gasteiger partial charge on any atom is -0.497 e. The molecule has 1 atom stereocenters. The van der Waals surface area contributed by atoms with Gasteiger partial charge in [-0.05, 0) is 35.7 Å². The summed E-state index contributed by atoms with van der Waals surface area (Å²) in [6.45, 7) is 0.612. The van der Waals surface area contributed by atoms with E-state index in [-0.39, 0.29) is 11.9 Å². The van der Waals surface area contributed by atoms with E-state index >= 15 is 0 Å². The summed E-state index contributed by atoms with van der Waals surface area (Å²) in [6.07, 6.45) is 1.42. The Hall–Kier alpha value is -2.20. The number of hydrogen-bond acceptors (Lipinski definition) is 3. The highest BCUT2D eigenvalue weighted by molar-refractivity contribution is 6.31. The van der Waals surface area contributed by atoms with E-state index in [4.69, 9.17) is 16.3 Å². The van der Waals surface area contributed by atoms with Gasteiger partial charge in [0.1, 0.15) is 5.75 Å². The lowest BCUT2D eigenvalue weighted by Crippen LogP contribution is -2.19. The molecule has 120 valence electrons. The Bertz CT molecular complexity index is 718. The van der Waals surface area contributed by atoms with Crippen LogP contribution in [0, 0.1) is 0 Å². The lowest BCUT2D eigenvalue weighted by molar-refractivity contribution is -0.119. The number of amides is 1. The van der Waals surface area contributed by atoms with Gasteiger partial charge in [0.15, 0.2) is 0 Å². The maximum Gasteiger partial charge on any atom is 0.220 e. The molecule has 1 aliphatic heterocycles. The molecule has 0 aliphatic carbocycles. The molecular formula is C18H19ClN2O2. The van der Waals surface area contributed by atoms with Crippen LogP contribution in [0.15, 0.2) is 42.5 Å². The van der Waals surface area contributed by atoms with Crippen LogP contribution in [0.3, 0.4) is 0 Å². The Morgan fingerprint density at radius 2 is 2.13 bits per heavy atom. The van der Waals surface area contributed by atoms with Crippen LogP contribution in [0.1, 0.15) is 30.0 Å². The Balaban J connectivity index is 1.75. The number of carbonyl (C=O) groups is 1. The summed E-state index contributed by atoms with van der Waals surface area (Å²) in [6, 6.07) is 13.8. The third-order valence-corrected chi connectivity index (χ3v) is 4.41. The largest absolute Gasteiger partial charge is 0.497 e. The Kier molecular flexibility index (Phi) is 4.72. The molecule has 1 saturated heterocycles. The minimum absolute atomic E-state index is 0.0811. The third-order valence-electron chi connectivity index (χ3n) is 4.06. The normalized spacial score (nSPS) is 17.0. The standard InChI is InChI=1S/C18H19ClN2O2/c1-23-13-7-6-12(15(19)10-13)11-20-16-5-3-2-4-14(16)17-8-9-18(22)21-17/h2-7,10,17,20H,8-9,11H2,1H3,(H,21,22). The number of hydrogen-bond donors (Lipinski definition) is 2. The van der Waals surface area contributed by atoms with Crippen LogP contribution in [0.4, 0.5) is 5.69 Å². The predicted molar refractivity (Wildman–Crippen MR) is 91.9 cm³/mol. The van der Waals surface area contributed by atoms with Gasteiger partial charge in [-0.3, -0.25) is 4.79 Å². The average Bonchev–Trinajstić information content (AvgIpc) is 3.00.